The molecular formula is C26H46O7. The van der Waals surface area contributed by atoms with Crippen LogP contribution < -0.4 is 0 Å². The maximum Gasteiger partial charge on any atom is 0.186 e. The van der Waals surface area contributed by atoms with Crippen LogP contribution in [0.5, 0.6) is 0 Å². The van der Waals surface area contributed by atoms with E-state index in [4.69, 9.17) is 28.4 Å². The number of allylic oxidation sites excluding steroid dienone is 2. The Morgan fingerprint density at radius 3 is 2.12 bits per heavy atom. The van der Waals surface area contributed by atoms with Crippen molar-refractivity contribution in [3.05, 3.63) is 23.8 Å². The van der Waals surface area contributed by atoms with Crippen molar-refractivity contribution >= 4 is 0 Å². The van der Waals surface area contributed by atoms with Crippen molar-refractivity contribution in [3.63, 3.8) is 0 Å². The van der Waals surface area contributed by atoms with Gasteiger partial charge in [0.25, 0.3) is 0 Å². The van der Waals surface area contributed by atoms with E-state index in [2.05, 4.69) is 26.8 Å². The fraction of sp³-hybridized carbons (Fsp3) is 0.846. The number of hydrogen-bond acceptors (Lipinski definition) is 7. The maximum atomic E-state index is 10.9. The molecule has 1 unspecified atom stereocenters. The third-order valence-corrected chi connectivity index (χ3v) is 7.60. The fourth-order valence-corrected chi connectivity index (χ4v) is 5.38. The summed E-state index contributed by atoms with van der Waals surface area (Å²) in [5.41, 5.74) is 0.988. The molecule has 0 radical (unpaired) electrons. The monoisotopic (exact) mass is 470 g/mol. The first kappa shape index (κ1) is 28.4. The molecule has 0 amide bonds. The Hall–Kier alpha value is -0.800. The van der Waals surface area contributed by atoms with Crippen LogP contribution in [0.1, 0.15) is 40.5 Å². The topological polar surface area (TPSA) is 75.6 Å². The minimum Gasteiger partial charge on any atom is -0.392 e. The molecule has 1 aliphatic heterocycles. The molecule has 2 aliphatic rings. The Labute approximate surface area is 200 Å². The molecule has 192 valence electrons. The number of hydrogen-bond donors (Lipinski definition) is 1. The largest absolute Gasteiger partial charge is 0.392 e. The van der Waals surface area contributed by atoms with Gasteiger partial charge in [-0.2, -0.15) is 0 Å². The van der Waals surface area contributed by atoms with Crippen LogP contribution in [-0.2, 0) is 28.4 Å². The summed E-state index contributed by atoms with van der Waals surface area (Å²) in [5.74, 6) is 1.39. The van der Waals surface area contributed by atoms with Crippen molar-refractivity contribution in [2.24, 2.45) is 23.7 Å². The molecule has 1 aliphatic carbocycles. The normalized spacial score (nSPS) is 36.5. The van der Waals surface area contributed by atoms with Gasteiger partial charge in [-0.3, -0.25) is 0 Å². The molecular weight excluding hydrogens is 424 g/mol. The predicted molar refractivity (Wildman–Crippen MR) is 128 cm³/mol. The summed E-state index contributed by atoms with van der Waals surface area (Å²) in [7, 11) is 8.27. The summed E-state index contributed by atoms with van der Waals surface area (Å²) in [4.78, 5) is 0. The van der Waals surface area contributed by atoms with Gasteiger partial charge in [0.2, 0.25) is 0 Å². The highest BCUT2D eigenvalue weighted by Crippen LogP contribution is 2.49. The molecule has 1 saturated heterocycles. The number of ether oxygens (including phenoxy) is 6. The van der Waals surface area contributed by atoms with Crippen molar-refractivity contribution in [1.29, 1.82) is 0 Å². The van der Waals surface area contributed by atoms with E-state index in [1.165, 1.54) is 0 Å². The lowest BCUT2D eigenvalue weighted by Gasteiger charge is -2.44. The Morgan fingerprint density at radius 2 is 1.61 bits per heavy atom. The van der Waals surface area contributed by atoms with E-state index in [9.17, 15) is 5.11 Å². The highest BCUT2D eigenvalue weighted by atomic mass is 16.7. The highest BCUT2D eigenvalue weighted by molar-refractivity contribution is 5.19. The summed E-state index contributed by atoms with van der Waals surface area (Å²) in [6, 6.07) is 0. The van der Waals surface area contributed by atoms with Crippen LogP contribution in [0.3, 0.4) is 0 Å². The Kier molecular flexibility index (Phi) is 11.5. The van der Waals surface area contributed by atoms with Gasteiger partial charge in [0.05, 0.1) is 12.2 Å². The van der Waals surface area contributed by atoms with E-state index in [0.29, 0.717) is 17.8 Å². The zero-order valence-corrected chi connectivity index (χ0v) is 21.9. The molecule has 11 atom stereocenters. The minimum absolute atomic E-state index is 0.0562. The second-order valence-electron chi connectivity index (χ2n) is 9.51. The van der Waals surface area contributed by atoms with Crippen molar-refractivity contribution in [1.82, 2.24) is 0 Å². The summed E-state index contributed by atoms with van der Waals surface area (Å²) in [5, 5.41) is 10.9. The smallest absolute Gasteiger partial charge is 0.186 e. The molecule has 0 aromatic carbocycles. The molecule has 1 heterocycles. The average Bonchev–Trinajstić information content (AvgIpc) is 3.63. The van der Waals surface area contributed by atoms with Gasteiger partial charge in [0.1, 0.15) is 24.4 Å². The predicted octanol–water partition coefficient (Wildman–Crippen LogP) is 3.60. The first-order valence-corrected chi connectivity index (χ1v) is 12.1. The van der Waals surface area contributed by atoms with E-state index >= 15 is 0 Å². The average molecular weight is 471 g/mol. The van der Waals surface area contributed by atoms with Gasteiger partial charge >= 0.3 is 0 Å². The van der Waals surface area contributed by atoms with Gasteiger partial charge in [0, 0.05) is 41.5 Å². The van der Waals surface area contributed by atoms with Crippen LogP contribution in [0.15, 0.2) is 23.8 Å². The van der Waals surface area contributed by atoms with E-state index in [-0.39, 0.29) is 42.5 Å². The summed E-state index contributed by atoms with van der Waals surface area (Å²) >= 11 is 0. The second-order valence-corrected chi connectivity index (χ2v) is 9.51. The van der Waals surface area contributed by atoms with Crippen LogP contribution in [-0.4, -0.2) is 83.6 Å². The third kappa shape index (κ3) is 6.66. The van der Waals surface area contributed by atoms with Crippen molar-refractivity contribution < 1.29 is 33.5 Å². The Balaban J connectivity index is 2.02. The molecule has 33 heavy (non-hydrogen) atoms. The zero-order valence-electron chi connectivity index (χ0n) is 21.9. The number of aliphatic hydroxyl groups excluding tert-OH is 1. The Bertz CT molecular complexity index is 632. The quantitative estimate of drug-likeness (QED) is 0.412. The fourth-order valence-electron chi connectivity index (χ4n) is 5.38. The molecule has 0 aromatic rings. The SMILES string of the molecule is CC[C@H](OC)[C@@H](C)[C@H]1CC1[C@@H](O)[C@H](C)/C=C/C=C(\C)[C@H]1O[C@H](OC)[C@H](OC)[C@@H](OC)[C@@H]1OC. The van der Waals surface area contributed by atoms with Crippen LogP contribution in [0.2, 0.25) is 0 Å². The molecule has 1 N–H and O–H groups in total. The number of aliphatic hydroxyl groups is 1. The van der Waals surface area contributed by atoms with E-state index in [1.807, 2.05) is 19.1 Å². The summed E-state index contributed by atoms with van der Waals surface area (Å²) in [6.45, 7) is 8.47. The molecule has 7 heteroatoms. The van der Waals surface area contributed by atoms with Crippen molar-refractivity contribution in [3.8, 4) is 0 Å². The first-order valence-electron chi connectivity index (χ1n) is 12.1. The molecule has 2 rings (SSSR count). The molecule has 7 nitrogen and oxygen atoms in total. The standard InChI is InChI=1S/C26H46O7/c1-10-20(28-5)17(4)18-14-19(18)21(27)15(2)12-11-13-16(3)22-23(29-6)24(30-7)25(31-8)26(32-9)33-22/h11-13,15,17-27H,10,14H2,1-9H3/b12-11+,16-13+/t15-,17+,18-,19?,20+,21+,22-,23-,24+,25-,26+/m1/s1. The second kappa shape index (κ2) is 13.3. The third-order valence-electron chi connectivity index (χ3n) is 7.60. The first-order chi connectivity index (χ1) is 15.8. The van der Waals surface area contributed by atoms with E-state index < -0.39 is 6.29 Å². The van der Waals surface area contributed by atoms with E-state index in [1.54, 1.807) is 35.5 Å². The van der Waals surface area contributed by atoms with Crippen molar-refractivity contribution in [2.45, 2.75) is 83.5 Å². The van der Waals surface area contributed by atoms with Crippen molar-refractivity contribution in [2.75, 3.05) is 35.5 Å². The zero-order chi connectivity index (χ0) is 24.7. The van der Waals surface area contributed by atoms with E-state index in [0.717, 1.165) is 18.4 Å². The highest BCUT2D eigenvalue weighted by Gasteiger charge is 2.49. The molecule has 2 fully saturated rings. The number of rotatable bonds is 13. The van der Waals surface area contributed by atoms with Crippen LogP contribution in [0.4, 0.5) is 0 Å². The number of methoxy groups -OCH3 is 5. The molecule has 0 spiro atoms. The maximum absolute atomic E-state index is 10.9. The van der Waals surface area contributed by atoms with Gasteiger partial charge in [-0.1, -0.05) is 39.0 Å². The minimum atomic E-state index is -0.558. The van der Waals surface area contributed by atoms with Gasteiger partial charge in [-0.15, -0.1) is 0 Å². The van der Waals surface area contributed by atoms with Crippen LogP contribution in [0, 0.1) is 23.7 Å². The molecule has 0 aromatic heterocycles. The van der Waals surface area contributed by atoms with Crippen LogP contribution >= 0.6 is 0 Å². The Morgan fingerprint density at radius 1 is 0.970 bits per heavy atom. The lowest BCUT2D eigenvalue weighted by atomic mass is 9.91. The summed E-state index contributed by atoms with van der Waals surface area (Å²) in [6.07, 6.45) is 6.10. The summed E-state index contributed by atoms with van der Waals surface area (Å²) < 4.78 is 34.2. The molecule has 0 bridgehead atoms. The van der Waals surface area contributed by atoms with Gasteiger partial charge in [0.15, 0.2) is 6.29 Å². The van der Waals surface area contributed by atoms with Gasteiger partial charge in [-0.05, 0) is 43.1 Å². The lowest BCUT2D eigenvalue weighted by molar-refractivity contribution is -0.295. The van der Waals surface area contributed by atoms with Gasteiger partial charge < -0.3 is 33.5 Å². The van der Waals surface area contributed by atoms with Gasteiger partial charge in [-0.25, -0.2) is 0 Å². The lowest BCUT2D eigenvalue weighted by Crippen LogP contribution is -2.60. The molecule has 1 saturated carbocycles. The van der Waals surface area contributed by atoms with Crippen LogP contribution in [0.25, 0.3) is 0 Å².